The monoisotopic (exact) mass is 303 g/mol. The first kappa shape index (κ1) is 14.5. The number of rotatable bonds is 2. The topological polar surface area (TPSA) is 42.1 Å². The van der Waals surface area contributed by atoms with Crippen LogP contribution in [0.2, 0.25) is 5.02 Å². The maximum Gasteiger partial charge on any atom is 0.416 e. The standard InChI is InChI=1S/C13H9ClF3NO2/c1-20-11-4-7(2-3-9(11)14)10-5-8(13(15,16)17)6-12(19)18-10/h2-6H,1H3,(H,18,19). The van der Waals surface area contributed by atoms with Gasteiger partial charge < -0.3 is 9.72 Å². The quantitative estimate of drug-likeness (QED) is 0.918. The van der Waals surface area contributed by atoms with Crippen molar-refractivity contribution in [2.45, 2.75) is 6.18 Å². The van der Waals surface area contributed by atoms with Crippen molar-refractivity contribution in [3.63, 3.8) is 0 Å². The van der Waals surface area contributed by atoms with Gasteiger partial charge in [0.2, 0.25) is 5.56 Å². The Balaban J connectivity index is 2.58. The Morgan fingerprint density at radius 3 is 2.50 bits per heavy atom. The largest absolute Gasteiger partial charge is 0.495 e. The lowest BCUT2D eigenvalue weighted by molar-refractivity contribution is -0.137. The lowest BCUT2D eigenvalue weighted by Gasteiger charge is -2.10. The van der Waals surface area contributed by atoms with Crippen LogP contribution in [0.15, 0.2) is 35.1 Å². The van der Waals surface area contributed by atoms with Gasteiger partial charge in [0.05, 0.1) is 17.7 Å². The maximum atomic E-state index is 12.7. The Kier molecular flexibility index (Phi) is 3.76. The molecule has 0 aliphatic carbocycles. The molecule has 2 rings (SSSR count). The summed E-state index contributed by atoms with van der Waals surface area (Å²) in [6.45, 7) is 0. The third-order valence-electron chi connectivity index (χ3n) is 2.63. The summed E-state index contributed by atoms with van der Waals surface area (Å²) < 4.78 is 43.0. The van der Waals surface area contributed by atoms with Crippen LogP contribution in [0, 0.1) is 0 Å². The molecule has 1 aromatic heterocycles. The molecule has 0 spiro atoms. The van der Waals surface area contributed by atoms with E-state index in [2.05, 4.69) is 4.98 Å². The number of benzene rings is 1. The zero-order chi connectivity index (χ0) is 14.9. The van der Waals surface area contributed by atoms with Crippen molar-refractivity contribution in [1.82, 2.24) is 4.98 Å². The predicted octanol–water partition coefficient (Wildman–Crippen LogP) is 3.72. The Morgan fingerprint density at radius 2 is 1.90 bits per heavy atom. The Hall–Kier alpha value is -1.95. The van der Waals surface area contributed by atoms with Gasteiger partial charge in [0.1, 0.15) is 5.75 Å². The lowest BCUT2D eigenvalue weighted by Crippen LogP contribution is -2.13. The molecule has 0 bridgehead atoms. The molecule has 20 heavy (non-hydrogen) atoms. The predicted molar refractivity (Wildman–Crippen MR) is 69.1 cm³/mol. The summed E-state index contributed by atoms with van der Waals surface area (Å²) in [6.07, 6.45) is -4.58. The number of hydrogen-bond donors (Lipinski definition) is 1. The molecule has 0 fully saturated rings. The number of hydrogen-bond acceptors (Lipinski definition) is 2. The Labute approximate surface area is 117 Å². The highest BCUT2D eigenvalue weighted by molar-refractivity contribution is 6.32. The van der Waals surface area contributed by atoms with Crippen LogP contribution in [0.1, 0.15) is 5.56 Å². The van der Waals surface area contributed by atoms with Crippen molar-refractivity contribution >= 4 is 11.6 Å². The SMILES string of the molecule is COc1cc(-c2cc(C(F)(F)F)cc(=O)[nH]2)ccc1Cl. The van der Waals surface area contributed by atoms with Crippen LogP contribution in [0.3, 0.4) is 0 Å². The minimum absolute atomic E-state index is 0.0415. The van der Waals surface area contributed by atoms with Crippen molar-refractivity contribution in [2.24, 2.45) is 0 Å². The summed E-state index contributed by atoms with van der Waals surface area (Å²) in [6, 6.07) is 5.80. The molecule has 0 atom stereocenters. The molecule has 0 saturated carbocycles. The van der Waals surface area contributed by atoms with Gasteiger partial charge in [0.25, 0.3) is 0 Å². The van der Waals surface area contributed by atoms with Gasteiger partial charge in [-0.25, -0.2) is 0 Å². The molecule has 2 aromatic rings. The maximum absolute atomic E-state index is 12.7. The van der Waals surface area contributed by atoms with Gasteiger partial charge in [-0.2, -0.15) is 13.2 Å². The van der Waals surface area contributed by atoms with E-state index in [1.165, 1.54) is 25.3 Å². The highest BCUT2D eigenvalue weighted by Crippen LogP contribution is 2.32. The number of pyridine rings is 1. The fourth-order valence-electron chi connectivity index (χ4n) is 1.69. The smallest absolute Gasteiger partial charge is 0.416 e. The fraction of sp³-hybridized carbons (Fsp3) is 0.154. The van der Waals surface area contributed by atoms with E-state index in [0.717, 1.165) is 6.07 Å². The van der Waals surface area contributed by atoms with Crippen molar-refractivity contribution in [1.29, 1.82) is 0 Å². The number of halogens is 4. The van der Waals surface area contributed by atoms with Crippen molar-refractivity contribution in [3.05, 3.63) is 51.3 Å². The minimum Gasteiger partial charge on any atom is -0.495 e. The second-order valence-corrected chi connectivity index (χ2v) is 4.40. The second kappa shape index (κ2) is 5.20. The number of aromatic nitrogens is 1. The third kappa shape index (κ3) is 2.96. The fourth-order valence-corrected chi connectivity index (χ4v) is 1.88. The van der Waals surface area contributed by atoms with Crippen LogP contribution in [-0.4, -0.2) is 12.1 Å². The average Bonchev–Trinajstić information content (AvgIpc) is 2.37. The summed E-state index contributed by atoms with van der Waals surface area (Å²) in [5.41, 5.74) is -1.43. The first-order chi connectivity index (χ1) is 9.31. The van der Waals surface area contributed by atoms with Gasteiger partial charge in [0.15, 0.2) is 0 Å². The van der Waals surface area contributed by atoms with Gasteiger partial charge in [-0.05, 0) is 18.2 Å². The van der Waals surface area contributed by atoms with Crippen LogP contribution < -0.4 is 10.3 Å². The van der Waals surface area contributed by atoms with Crippen LogP contribution in [0.5, 0.6) is 5.75 Å². The van der Waals surface area contributed by atoms with Gasteiger partial charge in [-0.1, -0.05) is 17.7 Å². The van der Waals surface area contributed by atoms with Crippen molar-refractivity contribution in [2.75, 3.05) is 7.11 Å². The molecule has 0 aliphatic heterocycles. The zero-order valence-corrected chi connectivity index (χ0v) is 11.0. The molecule has 0 aliphatic rings. The summed E-state index contributed by atoms with van der Waals surface area (Å²) in [4.78, 5) is 13.7. The second-order valence-electron chi connectivity index (χ2n) is 3.99. The molecule has 1 aromatic carbocycles. The summed E-state index contributed by atoms with van der Waals surface area (Å²) in [5.74, 6) is 0.308. The van der Waals surface area contributed by atoms with E-state index in [1.54, 1.807) is 0 Å². The lowest BCUT2D eigenvalue weighted by atomic mass is 10.1. The average molecular weight is 304 g/mol. The van der Waals surface area contributed by atoms with Crippen LogP contribution in [0.4, 0.5) is 13.2 Å². The van der Waals surface area contributed by atoms with Crippen molar-refractivity contribution < 1.29 is 17.9 Å². The van der Waals surface area contributed by atoms with E-state index in [1.807, 2.05) is 0 Å². The molecule has 1 heterocycles. The molecule has 0 saturated heterocycles. The molecule has 106 valence electrons. The minimum atomic E-state index is -4.58. The molecule has 1 N–H and O–H groups in total. The van der Waals surface area contributed by atoms with E-state index in [-0.39, 0.29) is 5.69 Å². The van der Waals surface area contributed by atoms with Crippen LogP contribution in [0.25, 0.3) is 11.3 Å². The number of nitrogens with one attached hydrogen (secondary N) is 1. The summed E-state index contributed by atoms with van der Waals surface area (Å²) in [5, 5.41) is 0.325. The molecule has 0 unspecified atom stereocenters. The summed E-state index contributed by atoms with van der Waals surface area (Å²) >= 11 is 5.84. The first-order valence-electron chi connectivity index (χ1n) is 5.47. The van der Waals surface area contributed by atoms with Gasteiger partial charge in [-0.3, -0.25) is 4.79 Å². The molecule has 3 nitrogen and oxygen atoms in total. The van der Waals surface area contributed by atoms with E-state index in [4.69, 9.17) is 16.3 Å². The molecule has 7 heteroatoms. The van der Waals surface area contributed by atoms with E-state index >= 15 is 0 Å². The third-order valence-corrected chi connectivity index (χ3v) is 2.95. The van der Waals surface area contributed by atoms with Gasteiger partial charge in [-0.15, -0.1) is 0 Å². The molecule has 0 amide bonds. The number of alkyl halides is 3. The Bertz CT molecular complexity index is 695. The molecular weight excluding hydrogens is 295 g/mol. The first-order valence-corrected chi connectivity index (χ1v) is 5.84. The number of methoxy groups -OCH3 is 1. The van der Waals surface area contributed by atoms with Crippen LogP contribution in [-0.2, 0) is 6.18 Å². The van der Waals surface area contributed by atoms with E-state index in [9.17, 15) is 18.0 Å². The number of ether oxygens (including phenoxy) is 1. The van der Waals surface area contributed by atoms with Gasteiger partial charge in [0, 0.05) is 17.3 Å². The van der Waals surface area contributed by atoms with Crippen LogP contribution >= 0.6 is 11.6 Å². The Morgan fingerprint density at radius 1 is 1.20 bits per heavy atom. The van der Waals surface area contributed by atoms with Gasteiger partial charge >= 0.3 is 6.18 Å². The molecular formula is C13H9ClF3NO2. The van der Waals surface area contributed by atoms with E-state index < -0.39 is 17.3 Å². The summed E-state index contributed by atoms with van der Waals surface area (Å²) in [7, 11) is 1.39. The van der Waals surface area contributed by atoms with Crippen molar-refractivity contribution in [3.8, 4) is 17.0 Å². The van der Waals surface area contributed by atoms with E-state index in [0.29, 0.717) is 22.4 Å². The molecule has 0 radical (unpaired) electrons. The highest BCUT2D eigenvalue weighted by atomic mass is 35.5. The number of aromatic amines is 1. The zero-order valence-electron chi connectivity index (χ0n) is 10.2. The normalized spacial score (nSPS) is 11.4. The number of H-pyrrole nitrogens is 1. The highest BCUT2D eigenvalue weighted by Gasteiger charge is 2.31.